The van der Waals surface area contributed by atoms with E-state index in [1.165, 1.54) is 0 Å². The van der Waals surface area contributed by atoms with Crippen LogP contribution < -0.4 is 0 Å². The zero-order valence-corrected chi connectivity index (χ0v) is 10.6. The number of carboxylic acid groups (broad SMARTS) is 2. The topological polar surface area (TPSA) is 74.6 Å². The van der Waals surface area contributed by atoms with Crippen LogP contribution in [0.3, 0.4) is 0 Å². The second-order valence-corrected chi connectivity index (χ2v) is 5.18. The molecule has 17 heavy (non-hydrogen) atoms. The second-order valence-electron chi connectivity index (χ2n) is 5.18. The fourth-order valence-corrected chi connectivity index (χ4v) is 1.87. The lowest BCUT2D eigenvalue weighted by Gasteiger charge is -2.32. The molecule has 0 aliphatic carbocycles. The highest BCUT2D eigenvalue weighted by Crippen LogP contribution is 2.38. The molecule has 0 heterocycles. The van der Waals surface area contributed by atoms with Crippen LogP contribution in [0.5, 0.6) is 0 Å². The highest BCUT2D eigenvalue weighted by Gasteiger charge is 2.36. The minimum absolute atomic E-state index is 0.0194. The molecule has 0 saturated heterocycles. The number of rotatable bonds is 7. The van der Waals surface area contributed by atoms with Crippen LogP contribution in [0.1, 0.15) is 33.6 Å². The second kappa shape index (κ2) is 5.89. The SMILES string of the molecule is [B]C(C)CC(C(=O)O)C(C)(C)CC(=C)C(=O)O. The third kappa shape index (κ3) is 5.07. The largest absolute Gasteiger partial charge is 0.481 e. The zero-order chi connectivity index (χ0) is 13.8. The maximum absolute atomic E-state index is 11.2. The van der Waals surface area contributed by atoms with Gasteiger partial charge in [-0.15, -0.1) is 0 Å². The molecule has 2 N–H and O–H groups in total. The number of carbonyl (C=O) groups is 2. The van der Waals surface area contributed by atoms with Gasteiger partial charge in [-0.3, -0.25) is 4.79 Å². The van der Waals surface area contributed by atoms with E-state index in [4.69, 9.17) is 13.0 Å². The van der Waals surface area contributed by atoms with Crippen molar-refractivity contribution in [1.29, 1.82) is 0 Å². The summed E-state index contributed by atoms with van der Waals surface area (Å²) in [5.41, 5.74) is -0.666. The van der Waals surface area contributed by atoms with Gasteiger partial charge in [0.05, 0.1) is 13.8 Å². The average molecular weight is 238 g/mol. The summed E-state index contributed by atoms with van der Waals surface area (Å²) in [5, 5.41) is 18.0. The predicted octanol–water partition coefficient (Wildman–Crippen LogP) is 2.11. The van der Waals surface area contributed by atoms with Gasteiger partial charge in [-0.2, -0.15) is 0 Å². The maximum atomic E-state index is 11.2. The van der Waals surface area contributed by atoms with Gasteiger partial charge in [-0.1, -0.05) is 33.2 Å². The first-order valence-corrected chi connectivity index (χ1v) is 5.47. The molecule has 0 aromatic rings. The normalized spacial score (nSPS) is 15.0. The first-order valence-electron chi connectivity index (χ1n) is 5.47. The monoisotopic (exact) mass is 238 g/mol. The van der Waals surface area contributed by atoms with Crippen LogP contribution >= 0.6 is 0 Å². The van der Waals surface area contributed by atoms with E-state index in [1.54, 1.807) is 20.8 Å². The van der Waals surface area contributed by atoms with Crippen molar-refractivity contribution in [3.63, 3.8) is 0 Å². The van der Waals surface area contributed by atoms with E-state index in [0.29, 0.717) is 6.42 Å². The highest BCUT2D eigenvalue weighted by molar-refractivity contribution is 6.11. The van der Waals surface area contributed by atoms with Gasteiger partial charge in [0.15, 0.2) is 0 Å². The van der Waals surface area contributed by atoms with Crippen molar-refractivity contribution >= 4 is 19.8 Å². The molecule has 0 spiro atoms. The molecule has 0 bridgehead atoms. The molecule has 0 rings (SSSR count). The molecule has 0 aromatic heterocycles. The van der Waals surface area contributed by atoms with Gasteiger partial charge in [0.1, 0.15) is 0 Å². The number of aliphatic carboxylic acids is 2. The van der Waals surface area contributed by atoms with Crippen LogP contribution in [0, 0.1) is 11.3 Å². The molecule has 4 nitrogen and oxygen atoms in total. The fraction of sp³-hybridized carbons (Fsp3) is 0.667. The number of carboxylic acids is 2. The Morgan fingerprint density at radius 1 is 1.35 bits per heavy atom. The van der Waals surface area contributed by atoms with Crippen molar-refractivity contribution in [2.45, 2.75) is 39.4 Å². The Balaban J connectivity index is 4.89. The average Bonchev–Trinajstić information content (AvgIpc) is 2.12. The standard InChI is InChI=1S/C12H19BO4/c1-7(10(14)15)6-12(3,4)9(11(16)17)5-8(2)13/h8-9H,1,5-6H2,2-4H3,(H,14,15)(H,16,17). The molecule has 0 saturated carbocycles. The van der Waals surface area contributed by atoms with Gasteiger partial charge in [0, 0.05) is 5.57 Å². The van der Waals surface area contributed by atoms with E-state index in [0.717, 1.165) is 0 Å². The quantitative estimate of drug-likeness (QED) is 0.526. The lowest BCUT2D eigenvalue weighted by atomic mass is 9.68. The first kappa shape index (κ1) is 15.7. The van der Waals surface area contributed by atoms with Crippen LogP contribution in [0.2, 0.25) is 5.82 Å². The van der Waals surface area contributed by atoms with Gasteiger partial charge in [0.25, 0.3) is 0 Å². The fourth-order valence-electron chi connectivity index (χ4n) is 1.87. The molecule has 0 aliphatic rings. The Hall–Kier alpha value is -1.26. The summed E-state index contributed by atoms with van der Waals surface area (Å²) in [4.78, 5) is 21.9. The van der Waals surface area contributed by atoms with Crippen LogP contribution in [0.4, 0.5) is 0 Å². The zero-order valence-electron chi connectivity index (χ0n) is 10.6. The van der Waals surface area contributed by atoms with Crippen molar-refractivity contribution < 1.29 is 19.8 Å². The van der Waals surface area contributed by atoms with E-state index >= 15 is 0 Å². The molecule has 2 unspecified atom stereocenters. The Morgan fingerprint density at radius 3 is 2.12 bits per heavy atom. The summed E-state index contributed by atoms with van der Waals surface area (Å²) in [6, 6.07) is 0. The van der Waals surface area contributed by atoms with E-state index in [9.17, 15) is 14.7 Å². The summed E-state index contributed by atoms with van der Waals surface area (Å²) in [5.74, 6) is -2.97. The third-order valence-corrected chi connectivity index (χ3v) is 2.82. The van der Waals surface area contributed by atoms with Gasteiger partial charge in [-0.05, 0) is 18.3 Å². The molecular formula is C12H19BO4. The molecule has 94 valence electrons. The van der Waals surface area contributed by atoms with Crippen molar-refractivity contribution in [3.05, 3.63) is 12.2 Å². The molecular weight excluding hydrogens is 219 g/mol. The summed E-state index contributed by atoms with van der Waals surface area (Å²) in [6.07, 6.45) is 0.446. The van der Waals surface area contributed by atoms with E-state index in [-0.39, 0.29) is 17.8 Å². The lowest BCUT2D eigenvalue weighted by Crippen LogP contribution is -2.33. The van der Waals surface area contributed by atoms with E-state index in [1.807, 2.05) is 0 Å². The number of hydrogen-bond acceptors (Lipinski definition) is 2. The van der Waals surface area contributed by atoms with Gasteiger partial charge >= 0.3 is 11.9 Å². The smallest absolute Gasteiger partial charge is 0.330 e. The van der Waals surface area contributed by atoms with Crippen molar-refractivity contribution in [3.8, 4) is 0 Å². The van der Waals surface area contributed by atoms with Crippen molar-refractivity contribution in [2.75, 3.05) is 0 Å². The van der Waals surface area contributed by atoms with Gasteiger partial charge < -0.3 is 10.2 Å². The van der Waals surface area contributed by atoms with E-state index in [2.05, 4.69) is 6.58 Å². The highest BCUT2D eigenvalue weighted by atomic mass is 16.4. The minimum Gasteiger partial charge on any atom is -0.481 e. The Bertz CT molecular complexity index is 320. The molecule has 5 heteroatoms. The lowest BCUT2D eigenvalue weighted by molar-refractivity contribution is -0.146. The summed E-state index contributed by atoms with van der Waals surface area (Å²) >= 11 is 0. The Labute approximate surface area is 103 Å². The summed E-state index contributed by atoms with van der Waals surface area (Å²) < 4.78 is 0. The predicted molar refractivity (Wildman–Crippen MR) is 66.1 cm³/mol. The Kier molecular flexibility index (Phi) is 5.46. The van der Waals surface area contributed by atoms with Crippen molar-refractivity contribution in [1.82, 2.24) is 0 Å². The van der Waals surface area contributed by atoms with Crippen LogP contribution in [0.25, 0.3) is 0 Å². The first-order chi connectivity index (χ1) is 7.58. The number of hydrogen-bond donors (Lipinski definition) is 2. The Morgan fingerprint density at radius 2 is 1.82 bits per heavy atom. The van der Waals surface area contributed by atoms with Gasteiger partial charge in [-0.25, -0.2) is 4.79 Å². The minimum atomic E-state index is -1.09. The molecule has 2 atom stereocenters. The van der Waals surface area contributed by atoms with Crippen LogP contribution in [-0.2, 0) is 9.59 Å². The van der Waals surface area contributed by atoms with Crippen LogP contribution in [0.15, 0.2) is 12.2 Å². The van der Waals surface area contributed by atoms with Gasteiger partial charge in [0.2, 0.25) is 0 Å². The molecule has 0 amide bonds. The molecule has 0 aliphatic heterocycles. The molecule has 0 fully saturated rings. The molecule has 0 aromatic carbocycles. The van der Waals surface area contributed by atoms with E-state index < -0.39 is 23.3 Å². The summed E-state index contributed by atoms with van der Waals surface area (Å²) in [6.45, 7) is 8.62. The summed E-state index contributed by atoms with van der Waals surface area (Å²) in [7, 11) is 5.62. The van der Waals surface area contributed by atoms with Crippen molar-refractivity contribution in [2.24, 2.45) is 11.3 Å². The molecule has 2 radical (unpaired) electrons. The van der Waals surface area contributed by atoms with Crippen LogP contribution in [-0.4, -0.2) is 30.0 Å². The third-order valence-electron chi connectivity index (χ3n) is 2.82. The maximum Gasteiger partial charge on any atom is 0.330 e.